The Balaban J connectivity index is 2.19. The van der Waals surface area contributed by atoms with Crippen molar-refractivity contribution in [2.45, 2.75) is 11.4 Å². The zero-order valence-corrected chi connectivity index (χ0v) is 10.6. The number of anilines is 1. The molecule has 0 aliphatic heterocycles. The number of sulfonamides is 1. The molecule has 6 nitrogen and oxygen atoms in total. The first-order chi connectivity index (χ1) is 8.99. The fraction of sp³-hybridized carbons (Fsp3) is 0.0909. The van der Waals surface area contributed by atoms with E-state index in [2.05, 4.69) is 14.7 Å². The van der Waals surface area contributed by atoms with E-state index in [-0.39, 0.29) is 17.1 Å². The van der Waals surface area contributed by atoms with Gasteiger partial charge in [-0.05, 0) is 24.3 Å². The number of hydrogen-bond donors (Lipinski definition) is 2. The number of nitrogens with one attached hydrogen (secondary N) is 1. The smallest absolute Gasteiger partial charge is 0.242 e. The maximum atomic E-state index is 12.9. The first-order valence-corrected chi connectivity index (χ1v) is 6.77. The fourth-order valence-electron chi connectivity index (χ4n) is 1.43. The Labute approximate surface area is 109 Å². The van der Waals surface area contributed by atoms with Crippen molar-refractivity contribution in [3.63, 3.8) is 0 Å². The normalized spacial score (nSPS) is 11.4. The van der Waals surface area contributed by atoms with E-state index in [9.17, 15) is 12.8 Å². The van der Waals surface area contributed by atoms with Crippen molar-refractivity contribution < 1.29 is 12.8 Å². The summed E-state index contributed by atoms with van der Waals surface area (Å²) in [7, 11) is -3.81. The first kappa shape index (κ1) is 13.4. The molecule has 100 valence electrons. The van der Waals surface area contributed by atoms with Crippen LogP contribution in [0.2, 0.25) is 0 Å². The van der Waals surface area contributed by atoms with Crippen LogP contribution in [0.4, 0.5) is 10.1 Å². The second-order valence-electron chi connectivity index (χ2n) is 3.71. The molecular formula is C11H11FN4O2S. The van der Waals surface area contributed by atoms with E-state index in [0.29, 0.717) is 5.69 Å². The SMILES string of the molecule is Nc1cc(F)ccc1S(=O)(=O)NCc1ccncn1. The number of aromatic nitrogens is 2. The van der Waals surface area contributed by atoms with Crippen molar-refractivity contribution in [1.29, 1.82) is 0 Å². The molecule has 0 aliphatic carbocycles. The number of nitrogens with zero attached hydrogens (tertiary/aromatic N) is 2. The number of hydrogen-bond acceptors (Lipinski definition) is 5. The van der Waals surface area contributed by atoms with E-state index in [1.807, 2.05) is 0 Å². The highest BCUT2D eigenvalue weighted by Gasteiger charge is 2.17. The van der Waals surface area contributed by atoms with Gasteiger partial charge in [-0.15, -0.1) is 0 Å². The standard InChI is InChI=1S/C11H11FN4O2S/c12-8-1-2-11(10(13)5-8)19(17,18)16-6-9-3-4-14-7-15-9/h1-5,7,16H,6,13H2. The Kier molecular flexibility index (Phi) is 3.72. The number of halogens is 1. The largest absolute Gasteiger partial charge is 0.398 e. The highest BCUT2D eigenvalue weighted by Crippen LogP contribution is 2.19. The summed E-state index contributed by atoms with van der Waals surface area (Å²) in [5.74, 6) is -0.591. The van der Waals surface area contributed by atoms with Gasteiger partial charge in [0.1, 0.15) is 17.0 Å². The highest BCUT2D eigenvalue weighted by molar-refractivity contribution is 7.89. The maximum absolute atomic E-state index is 12.9. The molecule has 1 aromatic carbocycles. The number of nitrogen functional groups attached to an aromatic ring is 1. The predicted octanol–water partition coefficient (Wildman–Crippen LogP) is 0.676. The van der Waals surface area contributed by atoms with Gasteiger partial charge in [-0.3, -0.25) is 0 Å². The van der Waals surface area contributed by atoms with Gasteiger partial charge in [0.25, 0.3) is 0 Å². The molecule has 0 saturated carbocycles. The summed E-state index contributed by atoms with van der Waals surface area (Å²) in [5, 5.41) is 0. The summed E-state index contributed by atoms with van der Waals surface area (Å²) in [6.07, 6.45) is 2.82. The second-order valence-corrected chi connectivity index (χ2v) is 5.44. The van der Waals surface area contributed by atoms with Gasteiger partial charge in [0.2, 0.25) is 10.0 Å². The van der Waals surface area contributed by atoms with Crippen molar-refractivity contribution >= 4 is 15.7 Å². The van der Waals surface area contributed by atoms with Crippen molar-refractivity contribution in [3.05, 3.63) is 48.3 Å². The lowest BCUT2D eigenvalue weighted by molar-refractivity contribution is 0.580. The summed E-state index contributed by atoms with van der Waals surface area (Å²) < 4.78 is 39.2. The lowest BCUT2D eigenvalue weighted by atomic mass is 10.3. The molecule has 2 rings (SSSR count). The van der Waals surface area contributed by atoms with Crippen LogP contribution in [0.15, 0.2) is 41.7 Å². The van der Waals surface area contributed by atoms with Gasteiger partial charge < -0.3 is 5.73 Å². The van der Waals surface area contributed by atoms with Gasteiger partial charge >= 0.3 is 0 Å². The Hall–Kier alpha value is -2.06. The molecule has 0 aliphatic rings. The minimum Gasteiger partial charge on any atom is -0.398 e. The summed E-state index contributed by atoms with van der Waals surface area (Å²) >= 11 is 0. The average molecular weight is 282 g/mol. The average Bonchev–Trinajstić information content (AvgIpc) is 2.37. The molecular weight excluding hydrogens is 271 g/mol. The van der Waals surface area contributed by atoms with Crippen LogP contribution < -0.4 is 10.5 Å². The molecule has 0 atom stereocenters. The second kappa shape index (κ2) is 5.29. The molecule has 3 N–H and O–H groups in total. The Bertz CT molecular complexity index is 676. The highest BCUT2D eigenvalue weighted by atomic mass is 32.2. The van der Waals surface area contributed by atoms with E-state index in [1.54, 1.807) is 6.07 Å². The van der Waals surface area contributed by atoms with Gasteiger partial charge in [-0.1, -0.05) is 0 Å². The lowest BCUT2D eigenvalue weighted by Gasteiger charge is -2.08. The third-order valence-corrected chi connectivity index (χ3v) is 3.82. The van der Waals surface area contributed by atoms with E-state index in [4.69, 9.17) is 5.73 Å². The molecule has 8 heteroatoms. The lowest BCUT2D eigenvalue weighted by Crippen LogP contribution is -2.24. The van der Waals surface area contributed by atoms with E-state index >= 15 is 0 Å². The zero-order valence-electron chi connectivity index (χ0n) is 9.75. The third-order valence-electron chi connectivity index (χ3n) is 2.35. The number of rotatable bonds is 4. The van der Waals surface area contributed by atoms with Crippen LogP contribution in [0.25, 0.3) is 0 Å². The molecule has 19 heavy (non-hydrogen) atoms. The zero-order chi connectivity index (χ0) is 13.9. The Morgan fingerprint density at radius 3 is 2.74 bits per heavy atom. The molecule has 0 fully saturated rings. The van der Waals surface area contributed by atoms with Crippen LogP contribution >= 0.6 is 0 Å². The van der Waals surface area contributed by atoms with E-state index in [1.165, 1.54) is 12.5 Å². The van der Waals surface area contributed by atoms with Crippen LogP contribution in [-0.4, -0.2) is 18.4 Å². The van der Waals surface area contributed by atoms with Crippen molar-refractivity contribution in [2.24, 2.45) is 0 Å². The molecule has 0 radical (unpaired) electrons. The van der Waals surface area contributed by atoms with Gasteiger partial charge in [-0.25, -0.2) is 27.5 Å². The van der Waals surface area contributed by atoms with Gasteiger partial charge in [-0.2, -0.15) is 0 Å². The van der Waals surface area contributed by atoms with Gasteiger partial charge in [0.15, 0.2) is 0 Å². The molecule has 1 aromatic heterocycles. The molecule has 2 aromatic rings. The van der Waals surface area contributed by atoms with Crippen molar-refractivity contribution in [2.75, 3.05) is 5.73 Å². The monoisotopic (exact) mass is 282 g/mol. The minimum absolute atomic E-state index is 0.00166. The molecule has 0 spiro atoms. The Morgan fingerprint density at radius 1 is 1.32 bits per heavy atom. The Morgan fingerprint density at radius 2 is 2.11 bits per heavy atom. The molecule has 0 unspecified atom stereocenters. The molecule has 0 saturated heterocycles. The van der Waals surface area contributed by atoms with Crippen LogP contribution in [0.5, 0.6) is 0 Å². The summed E-state index contributed by atoms with van der Waals surface area (Å²) in [4.78, 5) is 7.44. The summed E-state index contributed by atoms with van der Waals surface area (Å²) in [5.41, 5.74) is 5.86. The van der Waals surface area contributed by atoms with Gasteiger partial charge in [0, 0.05) is 6.20 Å². The number of nitrogens with two attached hydrogens (primary N) is 1. The van der Waals surface area contributed by atoms with Gasteiger partial charge in [0.05, 0.1) is 17.9 Å². The van der Waals surface area contributed by atoms with Crippen LogP contribution in [-0.2, 0) is 16.6 Å². The molecule has 0 amide bonds. The van der Waals surface area contributed by atoms with E-state index < -0.39 is 15.8 Å². The van der Waals surface area contributed by atoms with Crippen LogP contribution in [0, 0.1) is 5.82 Å². The maximum Gasteiger partial charge on any atom is 0.242 e. The quantitative estimate of drug-likeness (QED) is 0.803. The number of benzene rings is 1. The van der Waals surface area contributed by atoms with Crippen molar-refractivity contribution in [3.8, 4) is 0 Å². The summed E-state index contributed by atoms with van der Waals surface area (Å²) in [6.45, 7) is 0.00166. The van der Waals surface area contributed by atoms with E-state index in [0.717, 1.165) is 18.2 Å². The van der Waals surface area contributed by atoms with Crippen molar-refractivity contribution in [1.82, 2.24) is 14.7 Å². The van der Waals surface area contributed by atoms with Crippen LogP contribution in [0.1, 0.15) is 5.69 Å². The van der Waals surface area contributed by atoms with Crippen LogP contribution in [0.3, 0.4) is 0 Å². The summed E-state index contributed by atoms with van der Waals surface area (Å²) in [6, 6.07) is 4.69. The molecule has 0 bridgehead atoms. The fourth-order valence-corrected chi connectivity index (χ4v) is 2.54. The first-order valence-electron chi connectivity index (χ1n) is 5.28. The molecule has 1 heterocycles. The predicted molar refractivity (Wildman–Crippen MR) is 66.9 cm³/mol. The topological polar surface area (TPSA) is 98.0 Å². The third kappa shape index (κ3) is 3.24. The minimum atomic E-state index is -3.81.